The molecule has 0 aliphatic carbocycles. The summed E-state index contributed by atoms with van der Waals surface area (Å²) >= 11 is 0. The van der Waals surface area contributed by atoms with E-state index in [2.05, 4.69) is 66.5 Å². The highest BCUT2D eigenvalue weighted by molar-refractivity contribution is 8.77. The van der Waals surface area contributed by atoms with Gasteiger partial charge in [-0.25, -0.2) is 0 Å². The zero-order valence-corrected chi connectivity index (χ0v) is 45.6. The van der Waals surface area contributed by atoms with Gasteiger partial charge in [0.05, 0.1) is 57.4 Å². The molecule has 14 nitrogen and oxygen atoms in total. The fourth-order valence-corrected chi connectivity index (χ4v) is 12.9. The summed E-state index contributed by atoms with van der Waals surface area (Å²) in [7, 11) is 8.51. The van der Waals surface area contributed by atoms with Crippen LogP contribution in [0.1, 0.15) is 87.2 Å². The van der Waals surface area contributed by atoms with Crippen molar-refractivity contribution in [3.05, 3.63) is 136 Å². The molecule has 3 amide bonds. The number of benzene rings is 5. The molecule has 0 fully saturated rings. The normalized spacial score (nSPS) is 16.3. The first-order valence-electron chi connectivity index (χ1n) is 25.9. The highest BCUT2D eigenvalue weighted by atomic mass is 33.1. The van der Waals surface area contributed by atoms with E-state index in [1.165, 1.54) is 5.56 Å². The summed E-state index contributed by atoms with van der Waals surface area (Å²) in [5, 5.41) is 2.72. The van der Waals surface area contributed by atoms with Gasteiger partial charge in [-0.1, -0.05) is 58.0 Å². The lowest BCUT2D eigenvalue weighted by Crippen LogP contribution is -2.38. The maximum absolute atomic E-state index is 14.2. The van der Waals surface area contributed by atoms with Gasteiger partial charge in [0.1, 0.15) is 19.0 Å². The molecule has 4 heterocycles. The van der Waals surface area contributed by atoms with Crippen LogP contribution in [0.5, 0.6) is 17.2 Å². The Hall–Kier alpha value is -6.04. The van der Waals surface area contributed by atoms with Crippen molar-refractivity contribution in [2.75, 3.05) is 87.8 Å². The molecule has 0 radical (unpaired) electrons. The molecular formula is C59H69N5O9S2. The number of hydrogen-bond acceptors (Lipinski definition) is 13. The summed E-state index contributed by atoms with van der Waals surface area (Å²) in [5.74, 6) is 2.46. The SMILES string of the molecule is CNC(=O)CCCSSC(C)(C)CN(CCOCCOCCOC)c1cc(COc2cc3c(cc2C)C(=O)N2c4ccccc4C[C@H]2CC3)cc(COc2cc3c(cc2OC)C(=O)N2c4ccccc4C[C@H]2C=N3)c1. The first-order chi connectivity index (χ1) is 36.4. The highest BCUT2D eigenvalue weighted by Gasteiger charge is 2.38. The molecule has 4 aliphatic rings. The second-order valence-electron chi connectivity index (χ2n) is 20.0. The second-order valence-corrected chi connectivity index (χ2v) is 23.1. The van der Waals surface area contributed by atoms with Gasteiger partial charge in [0.2, 0.25) is 5.91 Å². The predicted molar refractivity (Wildman–Crippen MR) is 300 cm³/mol. The summed E-state index contributed by atoms with van der Waals surface area (Å²) in [5.41, 5.74) is 10.7. The van der Waals surface area contributed by atoms with Crippen molar-refractivity contribution in [1.82, 2.24) is 5.32 Å². The number of methoxy groups -OCH3 is 2. The van der Waals surface area contributed by atoms with E-state index in [0.29, 0.717) is 81.7 Å². The number of nitrogens with one attached hydrogen (secondary N) is 1. The number of carbonyl (C=O) groups excluding carboxylic acids is 3. The Morgan fingerprint density at radius 1 is 0.773 bits per heavy atom. The third-order valence-electron chi connectivity index (χ3n) is 14.1. The maximum Gasteiger partial charge on any atom is 0.261 e. The fraction of sp³-hybridized carbons (Fsp3) is 0.424. The van der Waals surface area contributed by atoms with Gasteiger partial charge >= 0.3 is 0 Å². The third-order valence-corrected chi connectivity index (χ3v) is 17.4. The van der Waals surface area contributed by atoms with Crippen molar-refractivity contribution >= 4 is 68.3 Å². The first-order valence-corrected chi connectivity index (χ1v) is 28.3. The Morgan fingerprint density at radius 3 is 2.19 bits per heavy atom. The van der Waals surface area contributed by atoms with Gasteiger partial charge in [0.15, 0.2) is 11.5 Å². The van der Waals surface area contributed by atoms with Gasteiger partial charge < -0.3 is 43.5 Å². The quantitative estimate of drug-likeness (QED) is 0.0440. The molecule has 0 bridgehead atoms. The van der Waals surface area contributed by atoms with Crippen LogP contribution in [0.2, 0.25) is 0 Å². The average Bonchev–Trinajstić information content (AvgIpc) is 3.92. The number of rotatable bonds is 25. The highest BCUT2D eigenvalue weighted by Crippen LogP contribution is 2.43. The van der Waals surface area contributed by atoms with E-state index in [-0.39, 0.29) is 47.8 Å². The van der Waals surface area contributed by atoms with Crippen LogP contribution in [0, 0.1) is 6.92 Å². The number of para-hydroxylation sites is 2. The number of amides is 3. The van der Waals surface area contributed by atoms with E-state index in [1.807, 2.05) is 70.1 Å². The van der Waals surface area contributed by atoms with Crippen molar-refractivity contribution in [2.24, 2.45) is 4.99 Å². The Labute approximate surface area is 449 Å². The first kappa shape index (κ1) is 53.8. The van der Waals surface area contributed by atoms with Crippen LogP contribution in [0.3, 0.4) is 0 Å². The lowest BCUT2D eigenvalue weighted by Gasteiger charge is -2.34. The summed E-state index contributed by atoms with van der Waals surface area (Å²) in [6, 6.07) is 30.2. The lowest BCUT2D eigenvalue weighted by atomic mass is 9.98. The Kier molecular flexibility index (Phi) is 17.7. The zero-order chi connectivity index (χ0) is 52.5. The fourth-order valence-electron chi connectivity index (χ4n) is 10.4. The molecule has 0 saturated carbocycles. The number of nitrogens with zero attached hydrogens (tertiary/aromatic N) is 4. The van der Waals surface area contributed by atoms with E-state index in [1.54, 1.807) is 44.2 Å². The van der Waals surface area contributed by atoms with Gasteiger partial charge in [-0.15, -0.1) is 0 Å². The van der Waals surface area contributed by atoms with Crippen molar-refractivity contribution < 1.29 is 42.8 Å². The minimum absolute atomic E-state index is 0.0474. The van der Waals surface area contributed by atoms with Gasteiger partial charge in [0, 0.05) is 91.5 Å². The molecule has 5 aromatic rings. The van der Waals surface area contributed by atoms with Crippen molar-refractivity contribution in [2.45, 2.75) is 89.3 Å². The second kappa shape index (κ2) is 24.7. The zero-order valence-electron chi connectivity index (χ0n) is 44.0. The summed E-state index contributed by atoms with van der Waals surface area (Å²) in [4.78, 5) is 51.4. The van der Waals surface area contributed by atoms with Crippen LogP contribution in [0.4, 0.5) is 22.7 Å². The van der Waals surface area contributed by atoms with Crippen molar-refractivity contribution in [1.29, 1.82) is 0 Å². The molecule has 396 valence electrons. The number of fused-ring (bicyclic) bond motifs is 8. The van der Waals surface area contributed by atoms with Crippen LogP contribution in [-0.2, 0) is 51.5 Å². The number of ether oxygens (including phenoxy) is 6. The predicted octanol–water partition coefficient (Wildman–Crippen LogP) is 10.1. The van der Waals surface area contributed by atoms with E-state index < -0.39 is 0 Å². The smallest absolute Gasteiger partial charge is 0.261 e. The largest absolute Gasteiger partial charge is 0.493 e. The lowest BCUT2D eigenvalue weighted by molar-refractivity contribution is -0.120. The molecule has 9 rings (SSSR count). The molecular weight excluding hydrogens is 987 g/mol. The Morgan fingerprint density at radius 2 is 1.45 bits per heavy atom. The van der Waals surface area contributed by atoms with Crippen molar-refractivity contribution in [3.8, 4) is 17.2 Å². The number of anilines is 3. The van der Waals surface area contributed by atoms with Crippen molar-refractivity contribution in [3.63, 3.8) is 0 Å². The van der Waals surface area contributed by atoms with E-state index in [0.717, 1.165) is 87.6 Å². The standard InChI is InChI=1S/C59H69N5O9S2/c1-39-26-48-42(17-18-45-30-43-12-7-9-14-51(43)63(45)57(48)66)32-53(39)72-36-40-27-41(37-73-55-34-50-49(33-54(55)69-6)58(67)64-47(35-61-50)31-44-13-8-10-15-52(44)64)29-46(28-40)62(19-20-70-23-24-71-22-21-68-5)38-59(2,3)75-74-25-11-16-56(65)60-4/h7-10,12-15,26-29,32-35,45,47H,11,16-25,30-31,36-38H2,1-6H3,(H,60,65)/t45-,47+/m1/s1. The topological polar surface area (TPSA) is 141 Å². The number of aryl methyl sites for hydroxylation is 2. The molecule has 2 atom stereocenters. The molecule has 0 aromatic heterocycles. The van der Waals surface area contributed by atoms with Crippen LogP contribution >= 0.6 is 21.6 Å². The number of hydrogen-bond donors (Lipinski definition) is 1. The van der Waals surface area contributed by atoms with E-state index in [4.69, 9.17) is 33.4 Å². The molecule has 0 unspecified atom stereocenters. The van der Waals surface area contributed by atoms with Gasteiger partial charge in [-0.3, -0.25) is 24.3 Å². The monoisotopic (exact) mass is 1060 g/mol. The van der Waals surface area contributed by atoms with Crippen LogP contribution < -0.4 is 34.2 Å². The Balaban J connectivity index is 0.989. The summed E-state index contributed by atoms with van der Waals surface area (Å²) in [6.07, 6.45) is 6.36. The average molecular weight is 1060 g/mol. The molecule has 1 N–H and O–H groups in total. The third kappa shape index (κ3) is 12.8. The molecule has 16 heteroatoms. The summed E-state index contributed by atoms with van der Waals surface area (Å²) in [6.45, 7) is 10.6. The van der Waals surface area contributed by atoms with Crippen LogP contribution in [0.25, 0.3) is 0 Å². The summed E-state index contributed by atoms with van der Waals surface area (Å²) < 4.78 is 36.1. The number of carbonyl (C=O) groups is 3. The maximum atomic E-state index is 14.2. The molecule has 75 heavy (non-hydrogen) atoms. The number of aliphatic imine (C=N–C) groups is 1. The molecule has 5 aromatic carbocycles. The van der Waals surface area contributed by atoms with Gasteiger partial charge in [0.25, 0.3) is 11.8 Å². The molecule has 4 aliphatic heterocycles. The minimum atomic E-state index is -0.206. The van der Waals surface area contributed by atoms with E-state index >= 15 is 0 Å². The van der Waals surface area contributed by atoms with Gasteiger partial charge in [-0.2, -0.15) is 0 Å². The molecule has 0 saturated heterocycles. The van der Waals surface area contributed by atoms with E-state index in [9.17, 15) is 14.4 Å². The van der Waals surface area contributed by atoms with Crippen LogP contribution in [-0.4, -0.2) is 114 Å². The Bertz CT molecular complexity index is 2890. The van der Waals surface area contributed by atoms with Crippen LogP contribution in [0.15, 0.2) is 96.0 Å². The van der Waals surface area contributed by atoms with Gasteiger partial charge in [-0.05, 0) is 128 Å². The molecule has 0 spiro atoms. The minimum Gasteiger partial charge on any atom is -0.493 e.